The Hall–Kier alpha value is -3.16. The Balaban J connectivity index is 1.36. The highest BCUT2D eigenvalue weighted by atomic mass is 16.5. The fourth-order valence-corrected chi connectivity index (χ4v) is 4.54. The molecule has 8 heteroatoms. The summed E-state index contributed by atoms with van der Waals surface area (Å²) < 4.78 is 13.4. The molecule has 5 rings (SSSR count). The van der Waals surface area contributed by atoms with Crippen molar-refractivity contribution < 1.29 is 9.15 Å². The lowest BCUT2D eigenvalue weighted by molar-refractivity contribution is 0.136. The van der Waals surface area contributed by atoms with Gasteiger partial charge in [-0.2, -0.15) is 0 Å². The summed E-state index contributed by atoms with van der Waals surface area (Å²) >= 11 is 0. The van der Waals surface area contributed by atoms with Crippen LogP contribution in [0.2, 0.25) is 0 Å². The number of imidazole rings is 1. The highest BCUT2D eigenvalue weighted by Gasteiger charge is 2.34. The molecule has 3 atom stereocenters. The molecule has 4 heterocycles. The zero-order valence-corrected chi connectivity index (χ0v) is 16.4. The fraction of sp³-hybridized carbons (Fsp3) is 0.429. The monoisotopic (exact) mass is 393 g/mol. The van der Waals surface area contributed by atoms with E-state index in [1.165, 1.54) is 5.57 Å². The second kappa shape index (κ2) is 6.72. The molecule has 3 aromatic rings. The van der Waals surface area contributed by atoms with E-state index < -0.39 is 0 Å². The van der Waals surface area contributed by atoms with Crippen LogP contribution in [0.4, 0.5) is 0 Å². The van der Waals surface area contributed by atoms with Gasteiger partial charge in [0.15, 0.2) is 11.1 Å². The van der Waals surface area contributed by atoms with Crippen molar-refractivity contribution in [3.8, 4) is 5.75 Å². The van der Waals surface area contributed by atoms with Gasteiger partial charge in [-0.1, -0.05) is 6.92 Å². The molecule has 0 bridgehead atoms. The Kier molecular flexibility index (Phi) is 4.15. The van der Waals surface area contributed by atoms with Crippen LogP contribution in [-0.2, 0) is 6.54 Å². The molecule has 2 aliphatic rings. The summed E-state index contributed by atoms with van der Waals surface area (Å²) in [6.45, 7) is 4.79. The SMILES string of the molecule is Cc1cc2c(c(=O)o1)C=C1CC[C@H]([C@@H](C)Cn3cnc(=N)c4[nH]cnc43)C[C@@H]1O2. The van der Waals surface area contributed by atoms with Gasteiger partial charge in [0.05, 0.1) is 12.7 Å². The van der Waals surface area contributed by atoms with Crippen LogP contribution in [0.15, 0.2) is 33.5 Å². The Morgan fingerprint density at radius 2 is 2.28 bits per heavy atom. The summed E-state index contributed by atoms with van der Waals surface area (Å²) in [5.74, 6) is 2.07. The maximum absolute atomic E-state index is 12.1. The Morgan fingerprint density at radius 1 is 1.41 bits per heavy atom. The minimum absolute atomic E-state index is 0.00838. The molecule has 8 nitrogen and oxygen atoms in total. The van der Waals surface area contributed by atoms with Crippen molar-refractivity contribution in [1.82, 2.24) is 19.5 Å². The number of aromatic nitrogens is 4. The lowest BCUT2D eigenvalue weighted by atomic mass is 9.76. The van der Waals surface area contributed by atoms with E-state index in [0.717, 1.165) is 31.5 Å². The third-order valence-corrected chi connectivity index (χ3v) is 6.15. The summed E-state index contributed by atoms with van der Waals surface area (Å²) in [6.07, 6.45) is 8.16. The molecule has 2 N–H and O–H groups in total. The van der Waals surface area contributed by atoms with Gasteiger partial charge in [-0.15, -0.1) is 0 Å². The van der Waals surface area contributed by atoms with E-state index in [4.69, 9.17) is 14.6 Å². The van der Waals surface area contributed by atoms with Crippen LogP contribution in [0, 0.1) is 24.2 Å². The van der Waals surface area contributed by atoms with Crippen molar-refractivity contribution in [2.45, 2.75) is 45.8 Å². The summed E-state index contributed by atoms with van der Waals surface area (Å²) in [5, 5.41) is 7.90. The zero-order chi connectivity index (χ0) is 20.1. The second-order valence-electron chi connectivity index (χ2n) is 8.11. The predicted octanol–water partition coefficient (Wildman–Crippen LogP) is 2.78. The van der Waals surface area contributed by atoms with Crippen molar-refractivity contribution in [1.29, 1.82) is 5.41 Å². The molecule has 0 spiro atoms. The first-order valence-corrected chi connectivity index (χ1v) is 9.94. The number of H-pyrrole nitrogens is 1. The third kappa shape index (κ3) is 3.08. The van der Waals surface area contributed by atoms with Gasteiger partial charge < -0.3 is 18.7 Å². The number of aromatic amines is 1. The lowest BCUT2D eigenvalue weighted by Crippen LogP contribution is -2.34. The van der Waals surface area contributed by atoms with E-state index in [9.17, 15) is 4.79 Å². The van der Waals surface area contributed by atoms with Crippen LogP contribution >= 0.6 is 0 Å². The van der Waals surface area contributed by atoms with Crippen LogP contribution in [0.5, 0.6) is 5.75 Å². The standard InChI is InChI=1S/C21H23N5O3/c1-11(8-26-10-25-19(22)18-20(26)24-9-23-18)13-3-4-14-6-15-17(29-16(14)7-13)5-12(2)28-21(15)27/h5-6,9-11,13,16,22H,3-4,7-8H2,1-2H3,(H,23,24)/t11-,13-,16-/m0/s1. The summed E-state index contributed by atoms with van der Waals surface area (Å²) in [7, 11) is 0. The minimum atomic E-state index is -0.328. The third-order valence-electron chi connectivity index (χ3n) is 6.15. The van der Waals surface area contributed by atoms with Gasteiger partial charge in [0.1, 0.15) is 28.7 Å². The number of hydrogen-bond donors (Lipinski definition) is 2. The number of hydrogen-bond acceptors (Lipinski definition) is 6. The number of nitrogens with zero attached hydrogens (tertiary/aromatic N) is 3. The van der Waals surface area contributed by atoms with Gasteiger partial charge in [-0.05, 0) is 49.7 Å². The summed E-state index contributed by atoms with van der Waals surface area (Å²) in [5.41, 5.74) is 3.02. The van der Waals surface area contributed by atoms with E-state index in [1.807, 2.05) is 10.6 Å². The van der Waals surface area contributed by atoms with Crippen LogP contribution in [0.25, 0.3) is 17.2 Å². The number of ether oxygens (including phenoxy) is 1. The van der Waals surface area contributed by atoms with E-state index in [0.29, 0.717) is 34.4 Å². The molecule has 29 heavy (non-hydrogen) atoms. The van der Waals surface area contributed by atoms with Gasteiger partial charge in [0.2, 0.25) is 0 Å². The largest absolute Gasteiger partial charge is 0.485 e. The Bertz CT molecular complexity index is 1240. The first kappa shape index (κ1) is 17.9. The molecular weight excluding hydrogens is 370 g/mol. The molecule has 150 valence electrons. The van der Waals surface area contributed by atoms with Gasteiger partial charge in [0, 0.05) is 12.6 Å². The van der Waals surface area contributed by atoms with Crippen LogP contribution < -0.4 is 15.9 Å². The van der Waals surface area contributed by atoms with Crippen molar-refractivity contribution in [2.24, 2.45) is 11.8 Å². The normalized spacial score (nSPS) is 21.8. The predicted molar refractivity (Wildman–Crippen MR) is 106 cm³/mol. The van der Waals surface area contributed by atoms with Crippen molar-refractivity contribution in [3.63, 3.8) is 0 Å². The molecule has 0 amide bonds. The molecule has 0 unspecified atom stereocenters. The van der Waals surface area contributed by atoms with Crippen LogP contribution in [0.1, 0.15) is 37.5 Å². The van der Waals surface area contributed by atoms with E-state index in [-0.39, 0.29) is 17.2 Å². The van der Waals surface area contributed by atoms with Crippen LogP contribution in [-0.4, -0.2) is 25.6 Å². The van der Waals surface area contributed by atoms with E-state index in [2.05, 4.69) is 21.9 Å². The lowest BCUT2D eigenvalue weighted by Gasteiger charge is -2.37. The highest BCUT2D eigenvalue weighted by Crippen LogP contribution is 2.40. The fourth-order valence-electron chi connectivity index (χ4n) is 4.54. The first-order chi connectivity index (χ1) is 14.0. The van der Waals surface area contributed by atoms with Gasteiger partial charge in [-0.3, -0.25) is 5.41 Å². The topological polar surface area (TPSA) is 110 Å². The highest BCUT2D eigenvalue weighted by molar-refractivity contribution is 5.68. The molecule has 1 aliphatic heterocycles. The van der Waals surface area contributed by atoms with Crippen molar-refractivity contribution in [3.05, 3.63) is 51.5 Å². The molecule has 0 aromatic carbocycles. The molecule has 0 radical (unpaired) electrons. The smallest absolute Gasteiger partial charge is 0.346 e. The molecular formula is C21H23N5O3. The molecule has 3 aromatic heterocycles. The van der Waals surface area contributed by atoms with Crippen LogP contribution in [0.3, 0.4) is 0 Å². The number of fused-ring (bicyclic) bond motifs is 3. The van der Waals surface area contributed by atoms with Gasteiger partial charge in [0.25, 0.3) is 0 Å². The van der Waals surface area contributed by atoms with E-state index in [1.54, 1.807) is 25.6 Å². The maximum atomic E-state index is 12.1. The Labute approximate surface area is 166 Å². The number of nitrogens with one attached hydrogen (secondary N) is 2. The quantitative estimate of drug-likeness (QED) is 0.711. The van der Waals surface area contributed by atoms with Crippen molar-refractivity contribution >= 4 is 17.2 Å². The zero-order valence-electron chi connectivity index (χ0n) is 16.4. The molecule has 1 aliphatic carbocycles. The van der Waals surface area contributed by atoms with Crippen molar-refractivity contribution in [2.75, 3.05) is 0 Å². The summed E-state index contributed by atoms with van der Waals surface area (Å²) in [4.78, 5) is 23.6. The summed E-state index contributed by atoms with van der Waals surface area (Å²) in [6, 6.07) is 1.80. The average Bonchev–Trinajstić information content (AvgIpc) is 3.19. The van der Waals surface area contributed by atoms with Gasteiger partial charge in [-0.25, -0.2) is 14.8 Å². The average molecular weight is 393 g/mol. The molecule has 0 saturated heterocycles. The Morgan fingerprint density at radius 3 is 3.14 bits per heavy atom. The molecule has 1 fully saturated rings. The van der Waals surface area contributed by atoms with Gasteiger partial charge >= 0.3 is 5.63 Å². The first-order valence-electron chi connectivity index (χ1n) is 9.94. The minimum Gasteiger partial charge on any atom is -0.485 e. The number of aryl methyl sites for hydroxylation is 1. The number of rotatable bonds is 3. The maximum Gasteiger partial charge on any atom is 0.346 e. The van der Waals surface area contributed by atoms with E-state index >= 15 is 0 Å². The second-order valence-corrected chi connectivity index (χ2v) is 8.11. The molecule has 1 saturated carbocycles.